The summed E-state index contributed by atoms with van der Waals surface area (Å²) in [4.78, 5) is 27.9. The van der Waals surface area contributed by atoms with Crippen LogP contribution in [0.2, 0.25) is 5.02 Å². The number of carbonyl (C=O) groups is 1. The number of hydrogen-bond acceptors (Lipinski definition) is 6. The van der Waals surface area contributed by atoms with E-state index in [1.54, 1.807) is 12.3 Å². The Kier molecular flexibility index (Phi) is 8.88. The minimum absolute atomic E-state index is 0.0259. The number of rotatable bonds is 8. The fourth-order valence-corrected chi connectivity index (χ4v) is 6.81. The van der Waals surface area contributed by atoms with Crippen LogP contribution in [0.25, 0.3) is 27.7 Å². The van der Waals surface area contributed by atoms with Crippen molar-refractivity contribution in [1.29, 1.82) is 0 Å². The van der Waals surface area contributed by atoms with Crippen molar-refractivity contribution in [2.45, 2.75) is 62.2 Å². The summed E-state index contributed by atoms with van der Waals surface area (Å²) >= 11 is 6.11. The lowest BCUT2D eigenvalue weighted by Crippen LogP contribution is -2.17. The Bertz CT molecular complexity index is 1820. The van der Waals surface area contributed by atoms with Gasteiger partial charge in [0, 0.05) is 38.6 Å². The van der Waals surface area contributed by atoms with Crippen LogP contribution in [0.5, 0.6) is 0 Å². The summed E-state index contributed by atoms with van der Waals surface area (Å²) in [5, 5.41) is 11.8. The molecule has 226 valence electrons. The van der Waals surface area contributed by atoms with Crippen molar-refractivity contribution in [1.82, 2.24) is 9.55 Å². The number of carbonyl (C=O) groups excluding carboxylic acids is 1. The number of nitrogens with zero attached hydrogens (tertiary/aromatic N) is 3. The number of amides is 1. The number of halogens is 1. The molecule has 1 fully saturated rings. The molecule has 2 unspecified atom stereocenters. The number of aromatic nitrogens is 2. The Morgan fingerprint density at radius 2 is 1.86 bits per heavy atom. The van der Waals surface area contributed by atoms with E-state index in [1.165, 1.54) is 18.6 Å². The van der Waals surface area contributed by atoms with Crippen molar-refractivity contribution in [2.24, 2.45) is 0 Å². The molecule has 1 heterocycles. The van der Waals surface area contributed by atoms with Crippen molar-refractivity contribution in [3.05, 3.63) is 111 Å². The standard InChI is InChI=1S/C34H32ClN3O5S/c1-44(42)29-16-17-30(22-7-12-26(35)13-8-22)25(19-29)21-43-28-14-9-23(10-15-28)33-36-31-20-24(34(39)38(40)41)11-18-32(31)37(33)27-5-3-2-4-6-27/h7-14,16-20,27-28H,2-6,15,21H2,1H3. The van der Waals surface area contributed by atoms with Gasteiger partial charge in [0.1, 0.15) is 10.7 Å². The van der Waals surface area contributed by atoms with E-state index in [-0.39, 0.29) is 17.7 Å². The SMILES string of the molecule is CS(=O)c1ccc(-c2ccc(Cl)cc2)c(COC2C=CC(c3nc4cc(C(=O)[N+](=O)[O-])ccc4n3C3CCCCC3)=CC2)c1. The van der Waals surface area contributed by atoms with Gasteiger partial charge in [-0.25, -0.2) is 9.78 Å². The van der Waals surface area contributed by atoms with Gasteiger partial charge in [-0.2, -0.15) is 0 Å². The first kappa shape index (κ1) is 30.1. The molecule has 0 bridgehead atoms. The van der Waals surface area contributed by atoms with Crippen LogP contribution in [-0.2, 0) is 22.1 Å². The predicted octanol–water partition coefficient (Wildman–Crippen LogP) is 7.94. The first-order valence-corrected chi connectivity index (χ1v) is 16.7. The molecule has 0 N–H and O–H groups in total. The van der Waals surface area contributed by atoms with E-state index in [0.29, 0.717) is 23.6 Å². The van der Waals surface area contributed by atoms with Crippen molar-refractivity contribution >= 4 is 44.9 Å². The van der Waals surface area contributed by atoms with Crippen LogP contribution in [0.4, 0.5) is 0 Å². The highest BCUT2D eigenvalue weighted by Gasteiger charge is 2.26. The maximum absolute atomic E-state index is 12.2. The van der Waals surface area contributed by atoms with Gasteiger partial charge in [0.2, 0.25) is 0 Å². The summed E-state index contributed by atoms with van der Waals surface area (Å²) in [5.74, 6) is -0.331. The maximum atomic E-state index is 12.2. The molecule has 0 spiro atoms. The lowest BCUT2D eigenvalue weighted by atomic mass is 9.94. The molecule has 2 atom stereocenters. The molecule has 1 aromatic heterocycles. The van der Waals surface area contributed by atoms with Gasteiger partial charge in [0.15, 0.2) is 0 Å². The van der Waals surface area contributed by atoms with Crippen LogP contribution in [0.15, 0.2) is 83.8 Å². The van der Waals surface area contributed by atoms with Crippen molar-refractivity contribution in [3.63, 3.8) is 0 Å². The number of hydrogen-bond donors (Lipinski definition) is 0. The largest absolute Gasteiger partial charge is 0.476 e. The fourth-order valence-electron chi connectivity index (χ4n) is 6.12. The quantitative estimate of drug-likeness (QED) is 0.145. The summed E-state index contributed by atoms with van der Waals surface area (Å²) in [6, 6.07) is 18.5. The van der Waals surface area contributed by atoms with E-state index in [0.717, 1.165) is 64.2 Å². The first-order chi connectivity index (χ1) is 21.3. The zero-order valence-electron chi connectivity index (χ0n) is 24.3. The van der Waals surface area contributed by atoms with E-state index >= 15 is 0 Å². The van der Waals surface area contributed by atoms with Gasteiger partial charge >= 0.3 is 5.91 Å². The van der Waals surface area contributed by atoms with Gasteiger partial charge < -0.3 is 9.30 Å². The molecule has 8 nitrogen and oxygen atoms in total. The predicted molar refractivity (Wildman–Crippen MR) is 173 cm³/mol. The summed E-state index contributed by atoms with van der Waals surface area (Å²) in [5.41, 5.74) is 5.39. The van der Waals surface area contributed by atoms with Crippen LogP contribution in [0.3, 0.4) is 0 Å². The number of nitro groups is 1. The molecular formula is C34H32ClN3O5S. The Hall–Kier alpha value is -3.92. The van der Waals surface area contributed by atoms with Crippen LogP contribution in [-0.4, -0.2) is 37.0 Å². The third-order valence-electron chi connectivity index (χ3n) is 8.38. The fraction of sp³-hybridized carbons (Fsp3) is 0.294. The molecule has 0 aliphatic heterocycles. The lowest BCUT2D eigenvalue weighted by molar-refractivity contribution is -0.375. The van der Waals surface area contributed by atoms with Crippen LogP contribution >= 0.6 is 11.6 Å². The highest BCUT2D eigenvalue weighted by atomic mass is 35.5. The van der Waals surface area contributed by atoms with Gasteiger partial charge in [-0.1, -0.05) is 67.3 Å². The molecule has 3 aromatic carbocycles. The minimum Gasteiger partial charge on any atom is -0.369 e. The Morgan fingerprint density at radius 1 is 1.09 bits per heavy atom. The van der Waals surface area contributed by atoms with Crippen molar-refractivity contribution in [3.8, 4) is 11.1 Å². The number of ether oxygens (including phenoxy) is 1. The Balaban J connectivity index is 1.25. The zero-order chi connectivity index (χ0) is 30.8. The Labute approximate surface area is 263 Å². The molecule has 2 aliphatic carbocycles. The third-order valence-corrected chi connectivity index (χ3v) is 9.55. The molecule has 6 rings (SSSR count). The molecule has 2 aliphatic rings. The summed E-state index contributed by atoms with van der Waals surface area (Å²) < 4.78 is 20.8. The van der Waals surface area contributed by atoms with Gasteiger partial charge in [-0.15, -0.1) is 0 Å². The smallest absolute Gasteiger partial charge is 0.369 e. The summed E-state index contributed by atoms with van der Waals surface area (Å²) in [6.45, 7) is 0.342. The second-order valence-corrected chi connectivity index (χ2v) is 13.1. The lowest BCUT2D eigenvalue weighted by Gasteiger charge is -2.26. The second-order valence-electron chi connectivity index (χ2n) is 11.2. The van der Waals surface area contributed by atoms with E-state index in [1.807, 2.05) is 54.6 Å². The van der Waals surface area contributed by atoms with Crippen LogP contribution in [0, 0.1) is 10.1 Å². The molecule has 1 amide bonds. The van der Waals surface area contributed by atoms with Crippen LogP contribution in [0.1, 0.15) is 66.3 Å². The van der Waals surface area contributed by atoms with Gasteiger partial charge in [0.25, 0.3) is 0 Å². The zero-order valence-corrected chi connectivity index (χ0v) is 25.9. The highest BCUT2D eigenvalue weighted by Crippen LogP contribution is 2.36. The first-order valence-electron chi connectivity index (χ1n) is 14.7. The topological polar surface area (TPSA) is 104 Å². The molecule has 1 saturated carbocycles. The maximum Gasteiger partial charge on any atom is 0.476 e. The molecule has 4 aromatic rings. The van der Waals surface area contributed by atoms with Crippen LogP contribution < -0.4 is 0 Å². The third kappa shape index (κ3) is 6.31. The van der Waals surface area contributed by atoms with Gasteiger partial charge in [-0.05, 0) is 78.4 Å². The van der Waals surface area contributed by atoms with E-state index in [2.05, 4.69) is 10.6 Å². The summed E-state index contributed by atoms with van der Waals surface area (Å²) in [7, 11) is -1.12. The van der Waals surface area contributed by atoms with E-state index < -0.39 is 21.6 Å². The molecule has 44 heavy (non-hydrogen) atoms. The highest BCUT2D eigenvalue weighted by molar-refractivity contribution is 7.84. The van der Waals surface area contributed by atoms with Gasteiger partial charge in [-0.3, -0.25) is 14.3 Å². The number of allylic oxidation sites excluding steroid dienone is 2. The van der Waals surface area contributed by atoms with Crippen molar-refractivity contribution in [2.75, 3.05) is 6.26 Å². The number of imidazole rings is 1. The number of fused-ring (bicyclic) bond motifs is 1. The van der Waals surface area contributed by atoms with E-state index in [9.17, 15) is 19.1 Å². The monoisotopic (exact) mass is 629 g/mol. The Morgan fingerprint density at radius 3 is 2.55 bits per heavy atom. The molecule has 0 saturated heterocycles. The minimum atomic E-state index is -1.13. The molecule has 0 radical (unpaired) electrons. The molecule has 10 heteroatoms. The average molecular weight is 630 g/mol. The average Bonchev–Trinajstić information content (AvgIpc) is 3.43. The molecular weight excluding hydrogens is 598 g/mol. The number of benzene rings is 3. The van der Waals surface area contributed by atoms with Crippen molar-refractivity contribution < 1.29 is 18.7 Å². The van der Waals surface area contributed by atoms with E-state index in [4.69, 9.17) is 21.3 Å². The summed E-state index contributed by atoms with van der Waals surface area (Å²) in [6.07, 6.45) is 13.9. The normalized spacial score (nSPS) is 17.9. The second kappa shape index (κ2) is 13.0. The van der Waals surface area contributed by atoms with Gasteiger partial charge in [0.05, 0.1) is 29.3 Å².